The molecule has 3 aliphatic rings. The number of hydrogen-bond donors (Lipinski definition) is 0. The van der Waals surface area contributed by atoms with Gasteiger partial charge in [0.25, 0.3) is 0 Å². The summed E-state index contributed by atoms with van der Waals surface area (Å²) in [6.07, 6.45) is 12.0. The van der Waals surface area contributed by atoms with E-state index >= 15 is 0 Å². The molecule has 0 amide bonds. The van der Waals surface area contributed by atoms with Crippen LogP contribution >= 0.6 is 0 Å². The van der Waals surface area contributed by atoms with Gasteiger partial charge < -0.3 is 0 Å². The van der Waals surface area contributed by atoms with E-state index in [1.54, 1.807) is 0 Å². The molecule has 0 spiro atoms. The highest BCUT2D eigenvalue weighted by Gasteiger charge is 2.44. The van der Waals surface area contributed by atoms with E-state index in [2.05, 4.69) is 18.7 Å². The summed E-state index contributed by atoms with van der Waals surface area (Å²) in [4.78, 5) is 2.86. The molecule has 0 N–H and O–H groups in total. The predicted octanol–water partition coefficient (Wildman–Crippen LogP) is 4.08. The number of rotatable bonds is 2. The van der Waals surface area contributed by atoms with Gasteiger partial charge in [0.15, 0.2) is 0 Å². The average molecular weight is 235 g/mol. The molecular formula is C16H29N. The first-order valence-electron chi connectivity index (χ1n) is 7.93. The Morgan fingerprint density at radius 2 is 1.35 bits per heavy atom. The minimum absolute atomic E-state index is 0.477. The molecule has 1 heterocycles. The first kappa shape index (κ1) is 12.0. The van der Waals surface area contributed by atoms with Gasteiger partial charge in [0, 0.05) is 18.6 Å². The first-order chi connectivity index (χ1) is 8.18. The van der Waals surface area contributed by atoms with Crippen LogP contribution in [0.15, 0.2) is 0 Å². The van der Waals surface area contributed by atoms with Crippen LogP contribution in [0.4, 0.5) is 0 Å². The average Bonchev–Trinajstić information content (AvgIpc) is 2.90. The van der Waals surface area contributed by atoms with Crippen molar-refractivity contribution in [2.75, 3.05) is 13.1 Å². The highest BCUT2D eigenvalue weighted by molar-refractivity contribution is 4.98. The van der Waals surface area contributed by atoms with Gasteiger partial charge in [-0.3, -0.25) is 4.90 Å². The molecule has 2 saturated carbocycles. The van der Waals surface area contributed by atoms with Crippen molar-refractivity contribution in [3.63, 3.8) is 0 Å². The molecule has 3 fully saturated rings. The zero-order valence-corrected chi connectivity index (χ0v) is 11.8. The van der Waals surface area contributed by atoms with E-state index in [1.807, 2.05) is 0 Å². The lowest BCUT2D eigenvalue weighted by Gasteiger charge is -2.44. The molecule has 0 aromatic carbocycles. The minimum atomic E-state index is 0.477. The molecule has 3 rings (SSSR count). The van der Waals surface area contributed by atoms with E-state index < -0.39 is 0 Å². The van der Waals surface area contributed by atoms with Crippen molar-refractivity contribution in [1.82, 2.24) is 4.90 Å². The molecule has 1 aliphatic heterocycles. The molecule has 98 valence electrons. The van der Waals surface area contributed by atoms with Gasteiger partial charge in [-0.25, -0.2) is 0 Å². The summed E-state index contributed by atoms with van der Waals surface area (Å²) in [7, 11) is 0. The van der Waals surface area contributed by atoms with Gasteiger partial charge in [0.05, 0.1) is 0 Å². The molecule has 0 aromatic heterocycles. The van der Waals surface area contributed by atoms with Crippen molar-refractivity contribution in [2.45, 2.75) is 70.8 Å². The Morgan fingerprint density at radius 1 is 0.765 bits per heavy atom. The summed E-state index contributed by atoms with van der Waals surface area (Å²) in [6, 6.07) is 0. The molecule has 1 nitrogen and oxygen atoms in total. The van der Waals surface area contributed by atoms with Gasteiger partial charge in [0.2, 0.25) is 0 Å². The standard InChI is InChI=1S/C16H29N/c1-16(2,15-9-4-3-5-10-15)17-11-13-7-6-8-14(13)12-17/h13-15H,3-12H2,1-2H3. The Balaban J connectivity index is 1.66. The van der Waals surface area contributed by atoms with E-state index in [9.17, 15) is 0 Å². The predicted molar refractivity (Wildman–Crippen MR) is 73.1 cm³/mol. The first-order valence-corrected chi connectivity index (χ1v) is 7.93. The van der Waals surface area contributed by atoms with Crippen molar-refractivity contribution in [2.24, 2.45) is 17.8 Å². The van der Waals surface area contributed by atoms with Crippen LogP contribution in [0.25, 0.3) is 0 Å². The Morgan fingerprint density at radius 3 is 1.94 bits per heavy atom. The summed E-state index contributed by atoms with van der Waals surface area (Å²) < 4.78 is 0. The van der Waals surface area contributed by atoms with Crippen LogP contribution in [0.2, 0.25) is 0 Å². The Hall–Kier alpha value is -0.0400. The van der Waals surface area contributed by atoms with Gasteiger partial charge >= 0.3 is 0 Å². The molecule has 2 atom stereocenters. The van der Waals surface area contributed by atoms with Gasteiger partial charge in [-0.1, -0.05) is 25.7 Å². The summed E-state index contributed by atoms with van der Waals surface area (Å²) in [6.45, 7) is 7.89. The lowest BCUT2D eigenvalue weighted by Crippen LogP contribution is -2.49. The van der Waals surface area contributed by atoms with Gasteiger partial charge in [-0.05, 0) is 57.3 Å². The Bertz CT molecular complexity index is 253. The second-order valence-electron chi connectivity index (χ2n) is 7.34. The fraction of sp³-hybridized carbons (Fsp3) is 1.00. The lowest BCUT2D eigenvalue weighted by molar-refractivity contribution is 0.0576. The van der Waals surface area contributed by atoms with E-state index in [4.69, 9.17) is 0 Å². The number of fused-ring (bicyclic) bond motifs is 1. The van der Waals surface area contributed by atoms with Crippen LogP contribution in [-0.4, -0.2) is 23.5 Å². The smallest absolute Gasteiger partial charge is 0.0181 e. The van der Waals surface area contributed by atoms with Gasteiger partial charge in [-0.2, -0.15) is 0 Å². The fourth-order valence-corrected chi connectivity index (χ4v) is 4.77. The largest absolute Gasteiger partial charge is 0.297 e. The maximum Gasteiger partial charge on any atom is 0.0181 e. The molecule has 2 unspecified atom stereocenters. The Labute approximate surface area is 107 Å². The summed E-state index contributed by atoms with van der Waals surface area (Å²) in [5, 5.41) is 0. The van der Waals surface area contributed by atoms with Crippen LogP contribution in [0.1, 0.15) is 65.2 Å². The number of likely N-dealkylation sites (tertiary alicyclic amines) is 1. The zero-order chi connectivity index (χ0) is 11.9. The third-order valence-corrected chi connectivity index (χ3v) is 6.15. The van der Waals surface area contributed by atoms with Gasteiger partial charge in [0.1, 0.15) is 0 Å². The third kappa shape index (κ3) is 2.16. The molecule has 0 bridgehead atoms. The third-order valence-electron chi connectivity index (χ3n) is 6.15. The van der Waals surface area contributed by atoms with E-state index in [0.717, 1.165) is 17.8 Å². The van der Waals surface area contributed by atoms with Crippen molar-refractivity contribution in [3.05, 3.63) is 0 Å². The summed E-state index contributed by atoms with van der Waals surface area (Å²) in [5.41, 5.74) is 0.477. The molecule has 0 radical (unpaired) electrons. The van der Waals surface area contributed by atoms with Crippen LogP contribution < -0.4 is 0 Å². The van der Waals surface area contributed by atoms with E-state index in [0.29, 0.717) is 5.54 Å². The Kier molecular flexibility index (Phi) is 3.23. The highest BCUT2D eigenvalue weighted by atomic mass is 15.2. The molecule has 1 saturated heterocycles. The number of nitrogens with zero attached hydrogens (tertiary/aromatic N) is 1. The van der Waals surface area contributed by atoms with Crippen molar-refractivity contribution in [3.8, 4) is 0 Å². The monoisotopic (exact) mass is 235 g/mol. The normalized spacial score (nSPS) is 36.4. The second-order valence-corrected chi connectivity index (χ2v) is 7.34. The van der Waals surface area contributed by atoms with E-state index in [-0.39, 0.29) is 0 Å². The van der Waals surface area contributed by atoms with Crippen LogP contribution in [0.3, 0.4) is 0 Å². The SMILES string of the molecule is CC(C)(C1CCCCC1)N1CC2CCCC2C1. The molecular weight excluding hydrogens is 206 g/mol. The van der Waals surface area contributed by atoms with Crippen molar-refractivity contribution < 1.29 is 0 Å². The maximum absolute atomic E-state index is 2.86. The van der Waals surface area contributed by atoms with Crippen LogP contribution in [0, 0.1) is 17.8 Å². The lowest BCUT2D eigenvalue weighted by atomic mass is 9.76. The maximum atomic E-state index is 2.86. The second kappa shape index (κ2) is 4.57. The zero-order valence-electron chi connectivity index (χ0n) is 11.8. The fourth-order valence-electron chi connectivity index (χ4n) is 4.77. The van der Waals surface area contributed by atoms with Crippen molar-refractivity contribution in [1.29, 1.82) is 0 Å². The molecule has 17 heavy (non-hydrogen) atoms. The molecule has 2 aliphatic carbocycles. The number of hydrogen-bond acceptors (Lipinski definition) is 1. The topological polar surface area (TPSA) is 3.24 Å². The highest BCUT2D eigenvalue weighted by Crippen LogP contribution is 2.44. The van der Waals surface area contributed by atoms with Crippen molar-refractivity contribution >= 4 is 0 Å². The summed E-state index contributed by atoms with van der Waals surface area (Å²) >= 11 is 0. The minimum Gasteiger partial charge on any atom is -0.297 e. The van der Waals surface area contributed by atoms with Crippen LogP contribution in [-0.2, 0) is 0 Å². The van der Waals surface area contributed by atoms with Crippen LogP contribution in [0.5, 0.6) is 0 Å². The van der Waals surface area contributed by atoms with E-state index in [1.165, 1.54) is 64.5 Å². The quantitative estimate of drug-likeness (QED) is 0.697. The van der Waals surface area contributed by atoms with Gasteiger partial charge in [-0.15, -0.1) is 0 Å². The molecule has 1 heteroatoms. The molecule has 0 aromatic rings. The summed E-state index contributed by atoms with van der Waals surface area (Å²) in [5.74, 6) is 3.07.